The Bertz CT molecular complexity index is 1020. The van der Waals surface area contributed by atoms with E-state index >= 15 is 0 Å². The molecule has 0 atom stereocenters. The van der Waals surface area contributed by atoms with E-state index in [2.05, 4.69) is 20.6 Å². The molecule has 0 N–H and O–H groups in total. The van der Waals surface area contributed by atoms with Crippen LogP contribution in [-0.2, 0) is 10.0 Å². The van der Waals surface area contributed by atoms with Crippen LogP contribution in [0.25, 0.3) is 5.65 Å². The lowest BCUT2D eigenvalue weighted by atomic mass is 10.4. The van der Waals surface area contributed by atoms with Gasteiger partial charge in [-0.25, -0.2) is 12.8 Å². The molecular weight excluding hydrogens is 361 g/mol. The summed E-state index contributed by atoms with van der Waals surface area (Å²) < 4.78 is 41.4. The highest BCUT2D eigenvalue weighted by atomic mass is 32.2. The largest absolute Gasteiger partial charge is 0.354 e. The second kappa shape index (κ2) is 6.57. The molecule has 1 saturated heterocycles. The molecule has 2 aromatic heterocycles. The van der Waals surface area contributed by atoms with Crippen LogP contribution in [0.1, 0.15) is 6.42 Å². The molecule has 0 aliphatic carbocycles. The molecule has 0 spiro atoms. The van der Waals surface area contributed by atoms with Crippen molar-refractivity contribution in [2.75, 3.05) is 31.1 Å². The van der Waals surface area contributed by atoms with Gasteiger partial charge in [0.15, 0.2) is 11.5 Å². The number of fused-ring (bicyclic) bond motifs is 1. The van der Waals surface area contributed by atoms with E-state index in [0.29, 0.717) is 44.1 Å². The van der Waals surface area contributed by atoms with Gasteiger partial charge >= 0.3 is 0 Å². The van der Waals surface area contributed by atoms with E-state index in [-0.39, 0.29) is 4.90 Å². The monoisotopic (exact) mass is 377 g/mol. The van der Waals surface area contributed by atoms with E-state index in [1.807, 2.05) is 11.0 Å². The highest BCUT2D eigenvalue weighted by Crippen LogP contribution is 2.20. The molecule has 0 saturated carbocycles. The topological polar surface area (TPSA) is 96.6 Å². The summed E-state index contributed by atoms with van der Waals surface area (Å²) >= 11 is 0. The molecule has 0 bridgehead atoms. The molecule has 4 rings (SSSR count). The van der Waals surface area contributed by atoms with Crippen molar-refractivity contribution in [3.8, 4) is 0 Å². The van der Waals surface area contributed by atoms with E-state index in [1.54, 1.807) is 6.07 Å². The van der Waals surface area contributed by atoms with Crippen molar-refractivity contribution >= 4 is 21.5 Å². The van der Waals surface area contributed by atoms with Gasteiger partial charge in [-0.15, -0.1) is 14.8 Å². The lowest BCUT2D eigenvalue weighted by Gasteiger charge is -2.22. The molecule has 1 aromatic carbocycles. The number of nitrogens with zero attached hydrogens (tertiary/aromatic N) is 7. The highest BCUT2D eigenvalue weighted by Gasteiger charge is 2.27. The van der Waals surface area contributed by atoms with Crippen molar-refractivity contribution in [1.82, 2.24) is 29.6 Å². The van der Waals surface area contributed by atoms with Gasteiger partial charge in [0.1, 0.15) is 5.82 Å². The van der Waals surface area contributed by atoms with Crippen LogP contribution >= 0.6 is 0 Å². The van der Waals surface area contributed by atoms with Gasteiger partial charge in [0.05, 0.1) is 4.90 Å². The summed E-state index contributed by atoms with van der Waals surface area (Å²) in [4.78, 5) is 2.10. The van der Waals surface area contributed by atoms with Gasteiger partial charge in [-0.1, -0.05) is 0 Å². The van der Waals surface area contributed by atoms with Crippen LogP contribution in [-0.4, -0.2) is 64.2 Å². The van der Waals surface area contributed by atoms with E-state index in [0.717, 1.165) is 12.1 Å². The quantitative estimate of drug-likeness (QED) is 0.658. The molecule has 0 unspecified atom stereocenters. The number of tetrazole rings is 1. The Hall–Kier alpha value is -2.66. The Balaban J connectivity index is 1.53. The number of halogens is 1. The first-order valence-corrected chi connectivity index (χ1v) is 9.54. The van der Waals surface area contributed by atoms with Gasteiger partial charge in [0, 0.05) is 26.2 Å². The minimum Gasteiger partial charge on any atom is -0.354 e. The average Bonchev–Trinajstić information content (AvgIpc) is 2.96. The smallest absolute Gasteiger partial charge is 0.243 e. The second-order valence-electron chi connectivity index (χ2n) is 5.92. The standard InChI is InChI=1S/C15H16FN7O2S/c16-12-2-4-13(5-3-12)26(24,25)22-9-1-8-21(10-11-22)15-7-6-14-17-19-20-23(14)18-15/h2-7H,1,8-11H2. The number of rotatable bonds is 3. The van der Waals surface area contributed by atoms with Crippen molar-refractivity contribution in [3.63, 3.8) is 0 Å². The van der Waals surface area contributed by atoms with Crippen LogP contribution in [0, 0.1) is 5.82 Å². The van der Waals surface area contributed by atoms with E-state index < -0.39 is 15.8 Å². The van der Waals surface area contributed by atoms with Crippen LogP contribution < -0.4 is 4.90 Å². The predicted molar refractivity (Wildman–Crippen MR) is 90.6 cm³/mol. The summed E-state index contributed by atoms with van der Waals surface area (Å²) in [5.41, 5.74) is 0.545. The van der Waals surface area contributed by atoms with Crippen molar-refractivity contribution < 1.29 is 12.8 Å². The molecular formula is C15H16FN7O2S. The molecule has 11 heteroatoms. The molecule has 1 fully saturated rings. The van der Waals surface area contributed by atoms with E-state index in [1.165, 1.54) is 21.1 Å². The Morgan fingerprint density at radius 1 is 0.962 bits per heavy atom. The van der Waals surface area contributed by atoms with Crippen LogP contribution in [0.5, 0.6) is 0 Å². The molecule has 1 aliphatic rings. The fourth-order valence-electron chi connectivity index (χ4n) is 2.93. The average molecular weight is 377 g/mol. The summed E-state index contributed by atoms with van der Waals surface area (Å²) in [5, 5.41) is 15.5. The molecule has 26 heavy (non-hydrogen) atoms. The first-order valence-electron chi connectivity index (χ1n) is 8.10. The van der Waals surface area contributed by atoms with Gasteiger partial charge in [0.25, 0.3) is 0 Å². The van der Waals surface area contributed by atoms with Crippen molar-refractivity contribution in [2.24, 2.45) is 0 Å². The van der Waals surface area contributed by atoms with Gasteiger partial charge in [-0.05, 0) is 53.2 Å². The van der Waals surface area contributed by atoms with Crippen molar-refractivity contribution in [3.05, 3.63) is 42.2 Å². The summed E-state index contributed by atoms with van der Waals surface area (Å²) in [6.45, 7) is 1.86. The van der Waals surface area contributed by atoms with Gasteiger partial charge in [0.2, 0.25) is 10.0 Å². The van der Waals surface area contributed by atoms with Crippen LogP contribution in [0.2, 0.25) is 0 Å². The zero-order valence-electron chi connectivity index (χ0n) is 13.7. The first-order chi connectivity index (χ1) is 12.5. The van der Waals surface area contributed by atoms with Gasteiger partial charge < -0.3 is 4.90 Å². The zero-order valence-corrected chi connectivity index (χ0v) is 14.5. The summed E-state index contributed by atoms with van der Waals surface area (Å²) in [7, 11) is -3.65. The third-order valence-electron chi connectivity index (χ3n) is 4.29. The molecule has 136 valence electrons. The lowest BCUT2D eigenvalue weighted by molar-refractivity contribution is 0.433. The molecule has 9 nitrogen and oxygen atoms in total. The van der Waals surface area contributed by atoms with Crippen LogP contribution in [0.3, 0.4) is 0 Å². The lowest BCUT2D eigenvalue weighted by Crippen LogP contribution is -2.35. The second-order valence-corrected chi connectivity index (χ2v) is 7.85. The van der Waals surface area contributed by atoms with Gasteiger partial charge in [-0.3, -0.25) is 0 Å². The van der Waals surface area contributed by atoms with Gasteiger partial charge in [-0.2, -0.15) is 4.31 Å². The maximum Gasteiger partial charge on any atom is 0.243 e. The van der Waals surface area contributed by atoms with E-state index in [4.69, 9.17) is 0 Å². The molecule has 0 radical (unpaired) electrons. The fourth-order valence-corrected chi connectivity index (χ4v) is 4.40. The fraction of sp³-hybridized carbons (Fsp3) is 0.333. The van der Waals surface area contributed by atoms with Crippen molar-refractivity contribution in [2.45, 2.75) is 11.3 Å². The number of hydrogen-bond donors (Lipinski definition) is 0. The normalized spacial score (nSPS) is 16.7. The molecule has 1 aliphatic heterocycles. The predicted octanol–water partition coefficient (Wildman–Crippen LogP) is 0.559. The Labute approximate surface area is 149 Å². The number of sulfonamides is 1. The number of benzene rings is 1. The zero-order chi connectivity index (χ0) is 18.1. The van der Waals surface area contributed by atoms with E-state index in [9.17, 15) is 12.8 Å². The van der Waals surface area contributed by atoms with Crippen LogP contribution in [0.4, 0.5) is 10.2 Å². The van der Waals surface area contributed by atoms with Crippen molar-refractivity contribution in [1.29, 1.82) is 0 Å². The molecule has 0 amide bonds. The number of aromatic nitrogens is 5. The maximum absolute atomic E-state index is 13.1. The number of anilines is 1. The summed E-state index contributed by atoms with van der Waals surface area (Å²) in [6.07, 6.45) is 0.649. The number of hydrogen-bond acceptors (Lipinski definition) is 7. The maximum atomic E-state index is 13.1. The highest BCUT2D eigenvalue weighted by molar-refractivity contribution is 7.89. The summed E-state index contributed by atoms with van der Waals surface area (Å²) in [6, 6.07) is 8.47. The Morgan fingerprint density at radius 3 is 2.58 bits per heavy atom. The Kier molecular flexibility index (Phi) is 4.24. The minimum atomic E-state index is -3.65. The Morgan fingerprint density at radius 2 is 1.77 bits per heavy atom. The van der Waals surface area contributed by atoms with Crippen LogP contribution in [0.15, 0.2) is 41.3 Å². The third-order valence-corrected chi connectivity index (χ3v) is 6.20. The molecule has 3 heterocycles. The SMILES string of the molecule is O=S(=O)(c1ccc(F)cc1)N1CCCN(c2ccc3nnnn3n2)CC1. The molecule has 3 aromatic rings. The third kappa shape index (κ3) is 3.10. The first kappa shape index (κ1) is 16.8. The summed E-state index contributed by atoms with van der Waals surface area (Å²) in [5.74, 6) is 0.223. The minimum absolute atomic E-state index is 0.0978.